The lowest BCUT2D eigenvalue weighted by Gasteiger charge is -2.72. The third-order valence-corrected chi connectivity index (χ3v) is 14.1. The van der Waals surface area contributed by atoms with E-state index >= 15 is 0 Å². The minimum absolute atomic E-state index is 0.0115. The Morgan fingerprint density at radius 3 is 2.39 bits per heavy atom. The second kappa shape index (κ2) is 7.20. The van der Waals surface area contributed by atoms with E-state index in [0.29, 0.717) is 23.7 Å². The van der Waals surface area contributed by atoms with Crippen LogP contribution in [-0.2, 0) is 19.1 Å². The molecule has 6 rings (SSSR count). The molecule has 1 saturated heterocycles. The van der Waals surface area contributed by atoms with Crippen LogP contribution in [0.2, 0.25) is 0 Å². The number of fused-ring (bicyclic) bond motifs is 4. The molecule has 0 N–H and O–H groups in total. The van der Waals surface area contributed by atoms with Crippen molar-refractivity contribution in [2.75, 3.05) is 0 Å². The van der Waals surface area contributed by atoms with Crippen molar-refractivity contribution in [2.45, 2.75) is 118 Å². The first-order valence-electron chi connectivity index (χ1n) is 14.8. The average Bonchev–Trinajstić information content (AvgIpc) is 2.99. The van der Waals surface area contributed by atoms with E-state index in [9.17, 15) is 9.59 Å². The summed E-state index contributed by atoms with van der Waals surface area (Å²) in [7, 11) is 0. The molecule has 2 bridgehead atoms. The van der Waals surface area contributed by atoms with Gasteiger partial charge in [0, 0.05) is 23.7 Å². The second-order valence-electron chi connectivity index (χ2n) is 15.3. The zero-order valence-electron chi connectivity index (χ0n) is 23.9. The van der Waals surface area contributed by atoms with E-state index in [2.05, 4.69) is 60.6 Å². The molecule has 1 aliphatic heterocycles. The summed E-state index contributed by atoms with van der Waals surface area (Å²) < 4.78 is 12.6. The highest BCUT2D eigenvalue weighted by Gasteiger charge is 2.80. The maximum atomic E-state index is 13.7. The molecule has 6 unspecified atom stereocenters. The van der Waals surface area contributed by atoms with Gasteiger partial charge in [0.1, 0.15) is 11.7 Å². The van der Waals surface area contributed by atoms with Crippen LogP contribution in [0.25, 0.3) is 0 Å². The smallest absolute Gasteiger partial charge is 0.313 e. The molecule has 0 aromatic rings. The van der Waals surface area contributed by atoms with E-state index in [4.69, 9.17) is 9.47 Å². The average molecular weight is 497 g/mol. The SMILES string of the molecule is CC(=O)OC1CC[C@@]2(C)C(CC[C@]3(C)C2C=C[C@]24OC(=O)[C@@]5(CCC(C)C(C)C52)CC[C@]43C)C1(C)C. The van der Waals surface area contributed by atoms with Gasteiger partial charge in [0.05, 0.1) is 5.41 Å². The minimum atomic E-state index is -0.477. The zero-order valence-corrected chi connectivity index (χ0v) is 23.9. The summed E-state index contributed by atoms with van der Waals surface area (Å²) in [6.45, 7) is 18.6. The Hall–Kier alpha value is -1.32. The van der Waals surface area contributed by atoms with Crippen molar-refractivity contribution in [3.63, 3.8) is 0 Å². The summed E-state index contributed by atoms with van der Waals surface area (Å²) in [5, 5.41) is 0. The van der Waals surface area contributed by atoms with Gasteiger partial charge in [-0.2, -0.15) is 0 Å². The lowest BCUT2D eigenvalue weighted by Crippen LogP contribution is -2.71. The molecule has 4 nitrogen and oxygen atoms in total. The predicted octanol–water partition coefficient (Wildman–Crippen LogP) is 7.11. The zero-order chi connectivity index (χ0) is 26.1. The molecule has 1 spiro atoms. The number of esters is 2. The summed E-state index contributed by atoms with van der Waals surface area (Å²) in [5.74, 6) is 2.27. The van der Waals surface area contributed by atoms with Gasteiger partial charge in [-0.25, -0.2) is 0 Å². The maximum absolute atomic E-state index is 13.7. The number of ether oxygens (including phenoxy) is 2. The van der Waals surface area contributed by atoms with Crippen molar-refractivity contribution in [3.8, 4) is 0 Å². The molecule has 0 aromatic heterocycles. The molecule has 0 radical (unpaired) electrons. The molecule has 11 atom stereocenters. The molecule has 200 valence electrons. The second-order valence-corrected chi connectivity index (χ2v) is 15.3. The first kappa shape index (κ1) is 25.0. The molecule has 5 fully saturated rings. The first-order valence-corrected chi connectivity index (χ1v) is 14.8. The number of hydrogen-bond donors (Lipinski definition) is 0. The quantitative estimate of drug-likeness (QED) is 0.287. The lowest BCUT2D eigenvalue weighted by atomic mass is 9.32. The van der Waals surface area contributed by atoms with Gasteiger partial charge in [-0.05, 0) is 91.9 Å². The fourth-order valence-corrected chi connectivity index (χ4v) is 11.8. The highest BCUT2D eigenvalue weighted by molar-refractivity contribution is 5.82. The molecular weight excluding hydrogens is 448 g/mol. The molecule has 0 aromatic carbocycles. The Morgan fingerprint density at radius 1 is 0.972 bits per heavy atom. The molecule has 0 amide bonds. The predicted molar refractivity (Wildman–Crippen MR) is 140 cm³/mol. The molecule has 4 heteroatoms. The van der Waals surface area contributed by atoms with Crippen LogP contribution in [0.5, 0.6) is 0 Å². The number of carbonyl (C=O) groups excluding carboxylic acids is 2. The van der Waals surface area contributed by atoms with E-state index < -0.39 is 5.60 Å². The maximum Gasteiger partial charge on any atom is 0.313 e. The largest absolute Gasteiger partial charge is 0.462 e. The number of hydrogen-bond acceptors (Lipinski definition) is 4. The summed E-state index contributed by atoms with van der Waals surface area (Å²) in [6.07, 6.45) is 13.4. The van der Waals surface area contributed by atoms with Crippen LogP contribution in [0.4, 0.5) is 0 Å². The number of allylic oxidation sites excluding steroid dienone is 1. The van der Waals surface area contributed by atoms with Crippen molar-refractivity contribution in [1.29, 1.82) is 0 Å². The molecule has 6 aliphatic rings. The summed E-state index contributed by atoms with van der Waals surface area (Å²) in [5.41, 5.74) is -0.681. The Balaban J connectivity index is 1.46. The molecule has 5 aliphatic carbocycles. The van der Waals surface area contributed by atoms with Crippen LogP contribution in [-0.4, -0.2) is 23.6 Å². The van der Waals surface area contributed by atoms with Gasteiger partial charge in [0.25, 0.3) is 0 Å². The Morgan fingerprint density at radius 2 is 1.69 bits per heavy atom. The molecule has 4 saturated carbocycles. The lowest BCUT2D eigenvalue weighted by molar-refractivity contribution is -0.247. The van der Waals surface area contributed by atoms with Crippen LogP contribution in [0.3, 0.4) is 0 Å². The van der Waals surface area contributed by atoms with E-state index in [1.807, 2.05) is 0 Å². The minimum Gasteiger partial charge on any atom is -0.462 e. The van der Waals surface area contributed by atoms with Crippen LogP contribution in [0.15, 0.2) is 12.2 Å². The highest BCUT2D eigenvalue weighted by Crippen LogP contribution is 2.79. The van der Waals surface area contributed by atoms with Crippen molar-refractivity contribution in [1.82, 2.24) is 0 Å². The van der Waals surface area contributed by atoms with Crippen molar-refractivity contribution in [3.05, 3.63) is 12.2 Å². The van der Waals surface area contributed by atoms with Gasteiger partial charge in [-0.1, -0.05) is 54.5 Å². The third-order valence-electron chi connectivity index (χ3n) is 14.1. The van der Waals surface area contributed by atoms with Crippen LogP contribution >= 0.6 is 0 Å². The van der Waals surface area contributed by atoms with Gasteiger partial charge >= 0.3 is 11.9 Å². The Kier molecular flexibility index (Phi) is 5.00. The van der Waals surface area contributed by atoms with Gasteiger partial charge in [-0.15, -0.1) is 0 Å². The fourth-order valence-electron chi connectivity index (χ4n) is 11.8. The van der Waals surface area contributed by atoms with Crippen LogP contribution in [0.1, 0.15) is 107 Å². The van der Waals surface area contributed by atoms with Crippen molar-refractivity contribution < 1.29 is 19.1 Å². The molecule has 36 heavy (non-hydrogen) atoms. The van der Waals surface area contributed by atoms with Gasteiger partial charge in [-0.3, -0.25) is 9.59 Å². The van der Waals surface area contributed by atoms with E-state index in [0.717, 1.165) is 51.4 Å². The number of rotatable bonds is 1. The molecular formula is C32H48O4. The van der Waals surface area contributed by atoms with Crippen molar-refractivity contribution in [2.24, 2.45) is 56.7 Å². The topological polar surface area (TPSA) is 52.6 Å². The molecule has 1 heterocycles. The fraction of sp³-hybridized carbons (Fsp3) is 0.875. The van der Waals surface area contributed by atoms with E-state index in [1.165, 1.54) is 0 Å². The normalized spacial score (nSPS) is 56.5. The monoisotopic (exact) mass is 496 g/mol. The Labute approximate surface area is 218 Å². The standard InChI is InChI=1S/C32H48O4/c1-19-9-15-31-18-17-30(8)29(7)14-10-22-27(4,5)24(35-21(3)33)12-13-28(22,6)23(29)11-16-32(30,36-26(31)34)25(31)20(19)2/h11,16,19-20,22-25H,9-10,12-15,17-18H2,1-8H3/t19?,20?,22?,23?,24?,25?,28-,29+,30-,31-,32-/m0/s1. The summed E-state index contributed by atoms with van der Waals surface area (Å²) >= 11 is 0. The Bertz CT molecular complexity index is 1030. The van der Waals surface area contributed by atoms with Crippen LogP contribution < -0.4 is 0 Å². The number of carbonyl (C=O) groups is 2. The van der Waals surface area contributed by atoms with E-state index in [1.54, 1.807) is 6.92 Å². The highest BCUT2D eigenvalue weighted by atomic mass is 16.6. The third kappa shape index (κ3) is 2.58. The van der Waals surface area contributed by atoms with E-state index in [-0.39, 0.29) is 51.0 Å². The van der Waals surface area contributed by atoms with Gasteiger partial charge in [0.15, 0.2) is 0 Å². The van der Waals surface area contributed by atoms with Gasteiger partial charge < -0.3 is 9.47 Å². The van der Waals surface area contributed by atoms with Crippen molar-refractivity contribution >= 4 is 11.9 Å². The summed E-state index contributed by atoms with van der Waals surface area (Å²) in [6, 6.07) is 0. The first-order chi connectivity index (χ1) is 16.7. The van der Waals surface area contributed by atoms with Gasteiger partial charge in [0.2, 0.25) is 0 Å². The van der Waals surface area contributed by atoms with Crippen LogP contribution in [0, 0.1) is 56.7 Å². The summed E-state index contributed by atoms with van der Waals surface area (Å²) in [4.78, 5) is 25.6.